The van der Waals surface area contributed by atoms with Crippen LogP contribution in [0.4, 0.5) is 0 Å². The molecule has 8 heteroatoms. The van der Waals surface area contributed by atoms with Crippen LogP contribution in [0.25, 0.3) is 0 Å². The Kier molecular flexibility index (Phi) is 4.72. The molecular formula is C8H17NO5S2. The Hall–Kier alpha value is -0.180. The molecule has 0 saturated carbocycles. The number of sulfone groups is 1. The summed E-state index contributed by atoms with van der Waals surface area (Å²) in [4.78, 5) is 0. The molecule has 0 radical (unpaired) electrons. The molecule has 6 nitrogen and oxygen atoms in total. The van der Waals surface area contributed by atoms with Crippen molar-refractivity contribution in [2.24, 2.45) is 0 Å². The summed E-state index contributed by atoms with van der Waals surface area (Å²) in [6.45, 7) is -0.167. The summed E-state index contributed by atoms with van der Waals surface area (Å²) in [6.07, 6.45) is 0.863. The largest absolute Gasteiger partial charge is 0.396 e. The monoisotopic (exact) mass is 271 g/mol. The summed E-state index contributed by atoms with van der Waals surface area (Å²) in [5, 5.41) is 8.53. The zero-order chi connectivity index (χ0) is 12.2. The molecule has 0 aromatic heterocycles. The Morgan fingerprint density at radius 1 is 1.25 bits per heavy atom. The van der Waals surface area contributed by atoms with Crippen LogP contribution in [-0.4, -0.2) is 51.8 Å². The molecule has 0 spiro atoms. The van der Waals surface area contributed by atoms with Gasteiger partial charge in [0.1, 0.15) is 9.84 Å². The van der Waals surface area contributed by atoms with Gasteiger partial charge >= 0.3 is 0 Å². The van der Waals surface area contributed by atoms with Crippen molar-refractivity contribution in [2.45, 2.75) is 25.3 Å². The van der Waals surface area contributed by atoms with Crippen molar-refractivity contribution in [2.75, 3.05) is 23.9 Å². The van der Waals surface area contributed by atoms with E-state index in [0.717, 1.165) is 0 Å². The van der Waals surface area contributed by atoms with Crippen molar-refractivity contribution in [1.29, 1.82) is 0 Å². The molecule has 2 N–H and O–H groups in total. The predicted octanol–water partition coefficient (Wildman–Crippen LogP) is -1.13. The van der Waals surface area contributed by atoms with E-state index >= 15 is 0 Å². The second-order valence-corrected chi connectivity index (χ2v) is 8.12. The molecule has 0 aromatic carbocycles. The average Bonchev–Trinajstić information content (AvgIpc) is 2.18. The third-order valence-corrected chi connectivity index (χ3v) is 5.71. The van der Waals surface area contributed by atoms with Gasteiger partial charge in [0.2, 0.25) is 10.0 Å². The van der Waals surface area contributed by atoms with Crippen molar-refractivity contribution in [1.82, 2.24) is 4.72 Å². The SMILES string of the molecule is O=S1(=O)CCC(NS(=O)(=O)CCCO)CC1. The molecule has 1 heterocycles. The van der Waals surface area contributed by atoms with E-state index in [9.17, 15) is 16.8 Å². The number of sulfonamides is 1. The smallest absolute Gasteiger partial charge is 0.211 e. The highest BCUT2D eigenvalue weighted by Crippen LogP contribution is 2.13. The molecule has 0 unspecified atom stereocenters. The molecule has 0 aliphatic carbocycles. The standard InChI is InChI=1S/C8H17NO5S2/c10-4-1-5-16(13,14)9-8-2-6-15(11,12)7-3-8/h8-10H,1-7H2. The quantitative estimate of drug-likeness (QED) is 0.658. The Morgan fingerprint density at radius 3 is 2.31 bits per heavy atom. The van der Waals surface area contributed by atoms with Crippen molar-refractivity contribution < 1.29 is 21.9 Å². The zero-order valence-electron chi connectivity index (χ0n) is 8.92. The number of aliphatic hydroxyl groups is 1. The number of rotatable bonds is 5. The van der Waals surface area contributed by atoms with Crippen molar-refractivity contribution in [3.8, 4) is 0 Å². The third-order valence-electron chi connectivity index (χ3n) is 2.47. The van der Waals surface area contributed by atoms with Gasteiger partial charge in [-0.2, -0.15) is 0 Å². The fourth-order valence-electron chi connectivity index (χ4n) is 1.58. The van der Waals surface area contributed by atoms with Gasteiger partial charge in [0, 0.05) is 12.6 Å². The molecule has 1 fully saturated rings. The molecular weight excluding hydrogens is 254 g/mol. The van der Waals surface area contributed by atoms with E-state index in [1.807, 2.05) is 0 Å². The predicted molar refractivity (Wildman–Crippen MR) is 60.3 cm³/mol. The summed E-state index contributed by atoms with van der Waals surface area (Å²) in [5.74, 6) is -0.0346. The maximum Gasteiger partial charge on any atom is 0.211 e. The van der Waals surface area contributed by atoms with Gasteiger partial charge in [-0.05, 0) is 19.3 Å². The lowest BCUT2D eigenvalue weighted by Gasteiger charge is -2.22. The first-order chi connectivity index (χ1) is 7.35. The van der Waals surface area contributed by atoms with Crippen LogP contribution in [0.2, 0.25) is 0 Å². The molecule has 1 aliphatic heterocycles. The van der Waals surface area contributed by atoms with Gasteiger partial charge in [-0.1, -0.05) is 0 Å². The van der Waals surface area contributed by atoms with Gasteiger partial charge in [-0.15, -0.1) is 0 Å². The van der Waals surface area contributed by atoms with Crippen LogP contribution in [0.3, 0.4) is 0 Å². The Balaban J connectivity index is 2.44. The highest BCUT2D eigenvalue weighted by molar-refractivity contribution is 7.91. The summed E-state index contributed by atoms with van der Waals surface area (Å²) in [5.41, 5.74) is 0. The molecule has 96 valence electrons. The van der Waals surface area contributed by atoms with Gasteiger partial charge in [-0.3, -0.25) is 0 Å². The maximum absolute atomic E-state index is 11.4. The van der Waals surface area contributed by atoms with E-state index in [1.165, 1.54) is 0 Å². The highest BCUT2D eigenvalue weighted by Gasteiger charge is 2.26. The third kappa shape index (κ3) is 4.77. The minimum Gasteiger partial charge on any atom is -0.396 e. The topological polar surface area (TPSA) is 101 Å². The minimum absolute atomic E-state index is 0.0419. The molecule has 0 aromatic rings. The summed E-state index contributed by atoms with van der Waals surface area (Å²) >= 11 is 0. The first kappa shape index (κ1) is 13.9. The molecule has 16 heavy (non-hydrogen) atoms. The Bertz CT molecular complexity index is 400. The number of nitrogens with one attached hydrogen (secondary N) is 1. The van der Waals surface area contributed by atoms with Crippen LogP contribution >= 0.6 is 0 Å². The summed E-state index contributed by atoms with van der Waals surface area (Å²) < 4.78 is 47.6. The van der Waals surface area contributed by atoms with Crippen molar-refractivity contribution >= 4 is 19.9 Å². The lowest BCUT2D eigenvalue weighted by atomic mass is 10.2. The van der Waals surface area contributed by atoms with E-state index in [1.54, 1.807) is 0 Å². The van der Waals surface area contributed by atoms with E-state index in [-0.39, 0.29) is 36.3 Å². The maximum atomic E-state index is 11.4. The molecule has 1 saturated heterocycles. The number of hydrogen-bond acceptors (Lipinski definition) is 5. The van der Waals surface area contributed by atoms with Crippen LogP contribution in [-0.2, 0) is 19.9 Å². The van der Waals surface area contributed by atoms with Gasteiger partial charge < -0.3 is 5.11 Å². The second-order valence-electron chi connectivity index (χ2n) is 3.94. The first-order valence-corrected chi connectivity index (χ1v) is 8.63. The van der Waals surface area contributed by atoms with E-state index in [4.69, 9.17) is 5.11 Å². The normalized spacial score (nSPS) is 22.1. The second kappa shape index (κ2) is 5.44. The fourth-order valence-corrected chi connectivity index (χ4v) is 4.44. The fraction of sp³-hybridized carbons (Fsp3) is 1.00. The Morgan fingerprint density at radius 2 is 1.81 bits per heavy atom. The number of aliphatic hydroxyl groups excluding tert-OH is 1. The van der Waals surface area contributed by atoms with Crippen LogP contribution in [0.5, 0.6) is 0 Å². The van der Waals surface area contributed by atoms with Gasteiger partial charge in [0.15, 0.2) is 0 Å². The van der Waals surface area contributed by atoms with Crippen LogP contribution < -0.4 is 4.72 Å². The minimum atomic E-state index is -3.39. The lowest BCUT2D eigenvalue weighted by Crippen LogP contribution is -2.41. The van der Waals surface area contributed by atoms with Gasteiger partial charge in [0.05, 0.1) is 17.3 Å². The van der Waals surface area contributed by atoms with Crippen molar-refractivity contribution in [3.05, 3.63) is 0 Å². The first-order valence-electron chi connectivity index (χ1n) is 5.16. The Labute approximate surface area is 96.0 Å². The van der Waals surface area contributed by atoms with E-state index < -0.39 is 19.9 Å². The van der Waals surface area contributed by atoms with Gasteiger partial charge in [-0.25, -0.2) is 21.6 Å². The summed E-state index contributed by atoms with van der Waals surface area (Å²) in [6, 6.07) is -0.285. The lowest BCUT2D eigenvalue weighted by molar-refractivity contribution is 0.295. The molecule has 0 bridgehead atoms. The molecule has 1 rings (SSSR count). The van der Waals surface area contributed by atoms with Crippen LogP contribution in [0, 0.1) is 0 Å². The molecule has 0 atom stereocenters. The summed E-state index contributed by atoms with van der Waals surface area (Å²) in [7, 11) is -6.35. The molecule has 1 aliphatic rings. The van der Waals surface area contributed by atoms with E-state index in [0.29, 0.717) is 12.8 Å². The highest BCUT2D eigenvalue weighted by atomic mass is 32.2. The molecule has 0 amide bonds. The van der Waals surface area contributed by atoms with Gasteiger partial charge in [0.25, 0.3) is 0 Å². The zero-order valence-corrected chi connectivity index (χ0v) is 10.6. The van der Waals surface area contributed by atoms with Crippen LogP contribution in [0.15, 0.2) is 0 Å². The average molecular weight is 271 g/mol. The van der Waals surface area contributed by atoms with Crippen LogP contribution in [0.1, 0.15) is 19.3 Å². The van der Waals surface area contributed by atoms with Crippen molar-refractivity contribution in [3.63, 3.8) is 0 Å². The van der Waals surface area contributed by atoms with E-state index in [2.05, 4.69) is 4.72 Å². The number of hydrogen-bond donors (Lipinski definition) is 2.